The summed E-state index contributed by atoms with van der Waals surface area (Å²) in [6.45, 7) is 0. The molecule has 1 aromatic carbocycles. The number of hydrogen-bond donors (Lipinski definition) is 1. The summed E-state index contributed by atoms with van der Waals surface area (Å²) in [6.07, 6.45) is 1.44. The van der Waals surface area contributed by atoms with E-state index in [1.54, 1.807) is 6.07 Å². The van der Waals surface area contributed by atoms with Crippen molar-refractivity contribution in [2.24, 2.45) is 0 Å². The van der Waals surface area contributed by atoms with Crippen molar-refractivity contribution in [3.8, 4) is 0 Å². The molecule has 0 atom stereocenters. The van der Waals surface area contributed by atoms with Crippen molar-refractivity contribution in [1.29, 1.82) is 0 Å². The zero-order valence-electron chi connectivity index (χ0n) is 9.27. The Bertz CT molecular complexity index is 724. The number of halogens is 3. The smallest absolute Gasteiger partial charge is 0.263 e. The highest BCUT2D eigenvalue weighted by atomic mass is 79.9. The highest BCUT2D eigenvalue weighted by Crippen LogP contribution is 2.26. The van der Waals surface area contributed by atoms with E-state index < -0.39 is 15.8 Å². The number of rotatable bonds is 3. The minimum absolute atomic E-state index is 0.0318. The van der Waals surface area contributed by atoms with E-state index in [1.807, 2.05) is 0 Å². The van der Waals surface area contributed by atoms with Crippen LogP contribution in [-0.2, 0) is 10.0 Å². The van der Waals surface area contributed by atoms with Crippen LogP contribution >= 0.6 is 27.5 Å². The first-order valence-electron chi connectivity index (χ1n) is 4.98. The van der Waals surface area contributed by atoms with Gasteiger partial charge in [-0.15, -0.1) is 0 Å². The van der Waals surface area contributed by atoms with Crippen LogP contribution in [0.4, 0.5) is 10.1 Å². The largest absolute Gasteiger partial charge is 0.276 e. The van der Waals surface area contributed by atoms with E-state index in [4.69, 9.17) is 11.6 Å². The average molecular weight is 366 g/mol. The molecule has 0 aliphatic heterocycles. The van der Waals surface area contributed by atoms with Gasteiger partial charge in [0.2, 0.25) is 0 Å². The van der Waals surface area contributed by atoms with Gasteiger partial charge in [0, 0.05) is 10.7 Å². The maximum atomic E-state index is 13.0. The molecule has 19 heavy (non-hydrogen) atoms. The van der Waals surface area contributed by atoms with E-state index in [-0.39, 0.29) is 20.2 Å². The third kappa shape index (κ3) is 3.23. The summed E-state index contributed by atoms with van der Waals surface area (Å²) in [5, 5.41) is 0.0318. The normalized spacial score (nSPS) is 11.3. The van der Waals surface area contributed by atoms with Gasteiger partial charge in [0.25, 0.3) is 10.0 Å². The second-order valence-corrected chi connectivity index (χ2v) is 6.39. The van der Waals surface area contributed by atoms with E-state index >= 15 is 0 Å². The van der Waals surface area contributed by atoms with Gasteiger partial charge in [0.1, 0.15) is 10.7 Å². The lowest BCUT2D eigenvalue weighted by atomic mass is 10.3. The lowest BCUT2D eigenvalue weighted by Gasteiger charge is -2.10. The molecule has 1 N–H and O–H groups in total. The predicted octanol–water partition coefficient (Wildman–Crippen LogP) is 3.44. The molecule has 1 heterocycles. The van der Waals surface area contributed by atoms with Gasteiger partial charge in [-0.2, -0.15) is 0 Å². The van der Waals surface area contributed by atoms with Crippen LogP contribution in [0.3, 0.4) is 0 Å². The third-order valence-corrected chi connectivity index (χ3v) is 4.83. The van der Waals surface area contributed by atoms with Crippen LogP contribution in [0.25, 0.3) is 0 Å². The standard InChI is InChI=1S/C11H7BrClFN2O2S/c12-8-6-7(14)3-4-10(8)19(17,18)16-9-2-1-5-15-11(9)13/h1-6,16H. The molecule has 1 aromatic heterocycles. The summed E-state index contributed by atoms with van der Waals surface area (Å²) >= 11 is 8.78. The fourth-order valence-corrected chi connectivity index (χ4v) is 3.69. The van der Waals surface area contributed by atoms with Gasteiger partial charge < -0.3 is 0 Å². The predicted molar refractivity (Wildman–Crippen MR) is 74.2 cm³/mol. The minimum atomic E-state index is -3.87. The second kappa shape index (κ2) is 5.44. The van der Waals surface area contributed by atoms with Gasteiger partial charge in [-0.1, -0.05) is 11.6 Å². The van der Waals surface area contributed by atoms with Crippen molar-refractivity contribution in [3.63, 3.8) is 0 Å². The van der Waals surface area contributed by atoms with Crippen molar-refractivity contribution < 1.29 is 12.8 Å². The molecule has 2 rings (SSSR count). The molecule has 8 heteroatoms. The van der Waals surface area contributed by atoms with Crippen LogP contribution in [-0.4, -0.2) is 13.4 Å². The SMILES string of the molecule is O=S(=O)(Nc1cccnc1Cl)c1ccc(F)cc1Br. The zero-order chi connectivity index (χ0) is 14.0. The molecule has 0 saturated heterocycles. The van der Waals surface area contributed by atoms with Crippen molar-refractivity contribution in [1.82, 2.24) is 4.98 Å². The van der Waals surface area contributed by atoms with E-state index in [2.05, 4.69) is 25.6 Å². The molecule has 0 saturated carbocycles. The molecule has 0 fully saturated rings. The van der Waals surface area contributed by atoms with E-state index in [9.17, 15) is 12.8 Å². The Morgan fingerprint density at radius 1 is 1.32 bits per heavy atom. The Balaban J connectivity index is 2.41. The van der Waals surface area contributed by atoms with Gasteiger partial charge in [-0.25, -0.2) is 17.8 Å². The maximum absolute atomic E-state index is 13.0. The molecular formula is C11H7BrClFN2O2S. The monoisotopic (exact) mass is 364 g/mol. The molecule has 0 spiro atoms. The zero-order valence-corrected chi connectivity index (χ0v) is 12.4. The molecule has 2 aromatic rings. The molecule has 0 unspecified atom stereocenters. The van der Waals surface area contributed by atoms with Crippen molar-refractivity contribution in [2.45, 2.75) is 4.90 Å². The number of benzene rings is 1. The van der Waals surface area contributed by atoms with Crippen LogP contribution in [0, 0.1) is 5.82 Å². The molecule has 0 aliphatic rings. The summed E-state index contributed by atoms with van der Waals surface area (Å²) in [5.74, 6) is -0.537. The molecule has 0 bridgehead atoms. The van der Waals surface area contributed by atoms with E-state index in [1.165, 1.54) is 12.3 Å². The van der Waals surface area contributed by atoms with Crippen molar-refractivity contribution >= 4 is 43.2 Å². The molecule has 0 amide bonds. The van der Waals surface area contributed by atoms with Crippen LogP contribution in [0.5, 0.6) is 0 Å². The lowest BCUT2D eigenvalue weighted by Crippen LogP contribution is -2.14. The summed E-state index contributed by atoms with van der Waals surface area (Å²) in [6, 6.07) is 6.31. The van der Waals surface area contributed by atoms with Gasteiger partial charge in [-0.05, 0) is 46.3 Å². The Morgan fingerprint density at radius 3 is 2.68 bits per heavy atom. The Labute approximate surface area is 122 Å². The number of hydrogen-bond acceptors (Lipinski definition) is 3. The Morgan fingerprint density at radius 2 is 2.05 bits per heavy atom. The lowest BCUT2D eigenvalue weighted by molar-refractivity contribution is 0.599. The average Bonchev–Trinajstić information content (AvgIpc) is 2.31. The second-order valence-electron chi connectivity index (χ2n) is 3.52. The number of pyridine rings is 1. The first-order chi connectivity index (χ1) is 8.90. The minimum Gasteiger partial charge on any atom is -0.276 e. The number of nitrogens with one attached hydrogen (secondary N) is 1. The first kappa shape index (κ1) is 14.2. The van der Waals surface area contributed by atoms with Crippen LogP contribution in [0.15, 0.2) is 45.9 Å². The first-order valence-corrected chi connectivity index (χ1v) is 7.64. The van der Waals surface area contributed by atoms with Crippen LogP contribution < -0.4 is 4.72 Å². The molecule has 4 nitrogen and oxygen atoms in total. The molecular weight excluding hydrogens is 359 g/mol. The van der Waals surface area contributed by atoms with Crippen LogP contribution in [0.2, 0.25) is 5.15 Å². The number of nitrogens with zero attached hydrogens (tertiary/aromatic N) is 1. The van der Waals surface area contributed by atoms with E-state index in [0.717, 1.165) is 18.2 Å². The molecule has 0 aliphatic carbocycles. The van der Waals surface area contributed by atoms with Gasteiger partial charge in [-0.3, -0.25) is 4.72 Å². The fourth-order valence-electron chi connectivity index (χ4n) is 1.36. The summed E-state index contributed by atoms with van der Waals surface area (Å²) < 4.78 is 39.6. The Hall–Kier alpha value is -1.18. The molecule has 0 radical (unpaired) electrons. The van der Waals surface area contributed by atoms with Gasteiger partial charge in [0.15, 0.2) is 5.15 Å². The fraction of sp³-hybridized carbons (Fsp3) is 0. The third-order valence-electron chi connectivity index (χ3n) is 2.19. The maximum Gasteiger partial charge on any atom is 0.263 e. The van der Waals surface area contributed by atoms with Gasteiger partial charge >= 0.3 is 0 Å². The topological polar surface area (TPSA) is 59.1 Å². The molecule has 100 valence electrons. The summed E-state index contributed by atoms with van der Waals surface area (Å²) in [7, 11) is -3.87. The van der Waals surface area contributed by atoms with E-state index in [0.29, 0.717) is 0 Å². The number of aromatic nitrogens is 1. The highest BCUT2D eigenvalue weighted by molar-refractivity contribution is 9.10. The Kier molecular flexibility index (Phi) is 4.07. The van der Waals surface area contributed by atoms with Crippen LogP contribution in [0.1, 0.15) is 0 Å². The summed E-state index contributed by atoms with van der Waals surface area (Å²) in [5.41, 5.74) is 0.153. The number of sulfonamides is 1. The van der Waals surface area contributed by atoms with Gasteiger partial charge in [0.05, 0.1) is 5.69 Å². The number of anilines is 1. The highest BCUT2D eigenvalue weighted by Gasteiger charge is 2.19. The summed E-state index contributed by atoms with van der Waals surface area (Å²) in [4.78, 5) is 3.67. The quantitative estimate of drug-likeness (QED) is 0.848. The van der Waals surface area contributed by atoms with Crippen molar-refractivity contribution in [2.75, 3.05) is 4.72 Å². The van der Waals surface area contributed by atoms with Crippen molar-refractivity contribution in [3.05, 3.63) is 52.0 Å².